The second-order valence-electron chi connectivity index (χ2n) is 22.7. The van der Waals surface area contributed by atoms with Gasteiger partial charge in [0.05, 0.1) is 59.8 Å². The number of ether oxygens (including phenoxy) is 8. The zero-order chi connectivity index (χ0) is 56.8. The van der Waals surface area contributed by atoms with E-state index in [-0.39, 0.29) is 37.4 Å². The molecule has 20 nitrogen and oxygen atoms in total. The molecule has 1 amide bonds. The van der Waals surface area contributed by atoms with Gasteiger partial charge in [-0.25, -0.2) is 9.07 Å². The van der Waals surface area contributed by atoms with Crippen LogP contribution in [0.2, 0.25) is 0 Å². The molecule has 0 radical (unpaired) electrons. The van der Waals surface area contributed by atoms with E-state index in [2.05, 4.69) is 10.3 Å². The fourth-order valence-corrected chi connectivity index (χ4v) is 11.5. The molecule has 3 fully saturated rings. The van der Waals surface area contributed by atoms with Gasteiger partial charge in [0, 0.05) is 84.8 Å². The lowest BCUT2D eigenvalue weighted by Crippen LogP contribution is -2.61. The molecule has 76 heavy (non-hydrogen) atoms. The van der Waals surface area contributed by atoms with Gasteiger partial charge >= 0.3 is 5.97 Å². The smallest absolute Gasteiger partial charge is 0.311 e. The predicted molar refractivity (Wildman–Crippen MR) is 277 cm³/mol. The number of nitrogens with zero attached hydrogens (tertiary/aromatic N) is 5. The van der Waals surface area contributed by atoms with Gasteiger partial charge in [-0.1, -0.05) is 57.2 Å². The lowest BCUT2D eigenvalue weighted by atomic mass is 9.74. The molecular weight excluding hydrogens is 990 g/mol. The topological polar surface area (TPSA) is 243 Å². The Morgan fingerprint density at radius 1 is 0.908 bits per heavy atom. The first-order valence-corrected chi connectivity index (χ1v) is 26.8. The molecule has 4 N–H and O–H groups in total. The van der Waals surface area contributed by atoms with Crippen LogP contribution in [0, 0.1) is 23.7 Å². The summed E-state index contributed by atoms with van der Waals surface area (Å²) in [5.41, 5.74) is -2.37. The van der Waals surface area contributed by atoms with Crippen molar-refractivity contribution >= 4 is 17.7 Å². The number of esters is 1. The first-order chi connectivity index (χ1) is 35.6. The van der Waals surface area contributed by atoms with Crippen LogP contribution in [0.15, 0.2) is 30.5 Å². The number of likely N-dealkylation sites (N-methyl/N-ethyl adjacent to an activating group) is 2. The summed E-state index contributed by atoms with van der Waals surface area (Å²) in [7, 11) is 9.74. The number of amides is 1. The van der Waals surface area contributed by atoms with Gasteiger partial charge in [0.25, 0.3) is 0 Å². The Bertz CT molecular complexity index is 2190. The van der Waals surface area contributed by atoms with Crippen molar-refractivity contribution in [2.75, 3.05) is 55.7 Å². The van der Waals surface area contributed by atoms with Crippen molar-refractivity contribution in [1.82, 2.24) is 24.8 Å². The molecule has 0 saturated carbocycles. The fraction of sp³-hybridized carbons (Fsp3) is 0.800. The molecular formula is C55H90FN5O15. The normalized spacial score (nSPS) is 38.1. The third kappa shape index (κ3) is 14.2. The first-order valence-electron chi connectivity index (χ1n) is 26.8. The average Bonchev–Trinajstić information content (AvgIpc) is 3.86. The second-order valence-corrected chi connectivity index (χ2v) is 22.7. The number of aliphatic hydroxyl groups excluding tert-OH is 3. The molecule has 432 valence electrons. The highest BCUT2D eigenvalue weighted by Gasteiger charge is 2.54. The first kappa shape index (κ1) is 63.3. The second kappa shape index (κ2) is 26.6. The van der Waals surface area contributed by atoms with E-state index < -0.39 is 133 Å². The highest BCUT2D eigenvalue weighted by atomic mass is 19.1. The number of Topliss-reactive ketones (excluding diaryl/α,β-unsaturated/α-hetero) is 1. The van der Waals surface area contributed by atoms with Crippen molar-refractivity contribution < 1.29 is 77.1 Å². The zero-order valence-corrected chi connectivity index (χ0v) is 47.8. The molecule has 21 heteroatoms. The average molecular weight is 1080 g/mol. The van der Waals surface area contributed by atoms with Crippen molar-refractivity contribution in [2.24, 2.45) is 23.7 Å². The number of hydrogen-bond donors (Lipinski definition) is 4. The maximum Gasteiger partial charge on any atom is 0.311 e. The Morgan fingerprint density at radius 3 is 2.13 bits per heavy atom. The van der Waals surface area contributed by atoms with E-state index in [0.29, 0.717) is 30.6 Å². The van der Waals surface area contributed by atoms with E-state index in [1.807, 2.05) is 50.1 Å². The van der Waals surface area contributed by atoms with Gasteiger partial charge in [-0.2, -0.15) is 0 Å². The fourth-order valence-electron chi connectivity index (χ4n) is 11.5. The van der Waals surface area contributed by atoms with Gasteiger partial charge in [0.2, 0.25) is 5.91 Å². The molecule has 1 aromatic heterocycles. The number of rotatable bonds is 18. The molecule has 0 bridgehead atoms. The summed E-state index contributed by atoms with van der Waals surface area (Å²) in [4.78, 5) is 44.6. The predicted octanol–water partition coefficient (Wildman–Crippen LogP) is 4.17. The van der Waals surface area contributed by atoms with Crippen molar-refractivity contribution in [3.63, 3.8) is 0 Å². The molecule has 3 aliphatic heterocycles. The van der Waals surface area contributed by atoms with Crippen LogP contribution in [0.5, 0.6) is 0 Å². The number of ketones is 1. The molecule has 5 rings (SSSR count). The lowest BCUT2D eigenvalue weighted by Gasteiger charge is -2.50. The molecule has 3 saturated heterocycles. The number of benzene rings is 1. The molecule has 0 spiro atoms. The zero-order valence-electron chi connectivity index (χ0n) is 47.8. The van der Waals surface area contributed by atoms with Crippen LogP contribution in [-0.2, 0) is 65.1 Å². The maximum absolute atomic E-state index is 14.9. The van der Waals surface area contributed by atoms with Gasteiger partial charge < -0.3 is 68.1 Å². The quantitative estimate of drug-likeness (QED) is 0.153. The maximum atomic E-state index is 14.9. The molecule has 2 aromatic rings. The van der Waals surface area contributed by atoms with E-state index in [4.69, 9.17) is 37.9 Å². The number of halogens is 1. The third-order valence-corrected chi connectivity index (χ3v) is 16.7. The summed E-state index contributed by atoms with van der Waals surface area (Å²) in [6.07, 6.45) is -8.52. The molecule has 20 atom stereocenters. The van der Waals surface area contributed by atoms with Gasteiger partial charge in [-0.15, -0.1) is 5.10 Å². The third-order valence-electron chi connectivity index (χ3n) is 16.7. The minimum atomic E-state index is -2.02. The highest BCUT2D eigenvalue weighted by molar-refractivity contribution is 5.83. The molecule has 1 aromatic carbocycles. The van der Waals surface area contributed by atoms with E-state index >= 15 is 0 Å². The Morgan fingerprint density at radius 2 is 1.55 bits per heavy atom. The SMILES string of the molecule is CC[C@H]1OC(=O)[C@H](C)[C@@H](O[C@H]2C[C@@](C)(OC)[C@@H](O)[C@H](C)O2)[C@H](C)[C@@H](O[C@@H]2O[C@H](C)C[C@H](N(C)CCc3cn([C@H](CF)[C@H](OC)c4ccc(CC(=O)N(C)C)cc4)nn3)[C@H]2O)[C@](C)(OC)C[C@@H](C)C(=O)[C@H](C)[C@@H](O)[C@]1(C)O. The van der Waals surface area contributed by atoms with Gasteiger partial charge in [-0.05, 0) is 79.0 Å². The van der Waals surface area contributed by atoms with Gasteiger partial charge in [0.1, 0.15) is 48.5 Å². The molecule has 0 aliphatic carbocycles. The summed E-state index contributed by atoms with van der Waals surface area (Å²) in [6, 6.07) is 5.95. The van der Waals surface area contributed by atoms with Crippen molar-refractivity contribution in [3.05, 3.63) is 47.3 Å². The lowest BCUT2D eigenvalue weighted by molar-refractivity contribution is -0.319. The Labute approximate surface area is 449 Å². The van der Waals surface area contributed by atoms with Gasteiger partial charge in [-0.3, -0.25) is 14.4 Å². The standard InChI is InChI=1S/C55H90FN5O15/c1-17-41-55(10,68)48(65)32(4)44(63)30(2)26-54(9,71-16)50(33(5)46(34(6)51(67)74-41)75-43-27-53(8,70-15)49(66)35(7)73-43)76-52-45(64)39(24-31(3)72-52)60(13)23-22-38-29-61(58-57-38)40(28-56)47(69-14)37-20-18-36(19-21-37)25-42(62)59(11)12/h18-21,29-35,39-41,43,45-50,52,64-66,68H,17,22-28H2,1-16H3/t30-,31-,32+,33+,34-,35+,39+,40-,41-,43+,45-,46+,47-,48-,49+,50-,52+,53-,54-,55-/m1/s1. The van der Waals surface area contributed by atoms with Crippen molar-refractivity contribution in [1.29, 1.82) is 0 Å². The monoisotopic (exact) mass is 1080 g/mol. The number of aliphatic hydroxyl groups is 4. The minimum Gasteiger partial charge on any atom is -0.459 e. The number of carbonyl (C=O) groups excluding carboxylic acids is 3. The summed E-state index contributed by atoms with van der Waals surface area (Å²) in [6.45, 7) is 16.4. The van der Waals surface area contributed by atoms with E-state index in [1.165, 1.54) is 44.8 Å². The molecule has 4 heterocycles. The largest absolute Gasteiger partial charge is 0.459 e. The summed E-state index contributed by atoms with van der Waals surface area (Å²) >= 11 is 0. The minimum absolute atomic E-state index is 0.0342. The Kier molecular flexibility index (Phi) is 22.1. The van der Waals surface area contributed by atoms with Crippen LogP contribution in [0.1, 0.15) is 124 Å². The Hall–Kier alpha value is -3.58. The number of aromatic nitrogens is 3. The number of carbonyl (C=O) groups is 3. The van der Waals surface area contributed by atoms with Crippen LogP contribution < -0.4 is 0 Å². The Balaban J connectivity index is 1.44. The van der Waals surface area contributed by atoms with Crippen LogP contribution in [0.3, 0.4) is 0 Å². The number of cyclic esters (lactones) is 1. The highest BCUT2D eigenvalue weighted by Crippen LogP contribution is 2.42. The summed E-state index contributed by atoms with van der Waals surface area (Å²) in [5, 5.41) is 55.6. The van der Waals surface area contributed by atoms with Crippen LogP contribution in [-0.4, -0.2) is 203 Å². The van der Waals surface area contributed by atoms with Crippen LogP contribution >= 0.6 is 0 Å². The van der Waals surface area contributed by atoms with E-state index in [9.17, 15) is 39.2 Å². The van der Waals surface area contributed by atoms with E-state index in [1.54, 1.807) is 61.8 Å². The summed E-state index contributed by atoms with van der Waals surface area (Å²) in [5.74, 6) is -4.94. The summed E-state index contributed by atoms with van der Waals surface area (Å²) < 4.78 is 66.9. The van der Waals surface area contributed by atoms with Crippen LogP contribution in [0.4, 0.5) is 4.39 Å². The number of alkyl halides is 1. The molecule has 3 aliphatic rings. The van der Waals surface area contributed by atoms with Crippen molar-refractivity contribution in [2.45, 2.75) is 204 Å². The van der Waals surface area contributed by atoms with Gasteiger partial charge in [0.15, 0.2) is 12.6 Å². The van der Waals surface area contributed by atoms with Crippen LogP contribution in [0.25, 0.3) is 0 Å². The number of hydrogen-bond acceptors (Lipinski definition) is 18. The van der Waals surface area contributed by atoms with Crippen molar-refractivity contribution in [3.8, 4) is 0 Å². The van der Waals surface area contributed by atoms with E-state index in [0.717, 1.165) is 5.56 Å². The molecule has 0 unspecified atom stereocenters. The number of methoxy groups -OCH3 is 3.